The highest BCUT2D eigenvalue weighted by Crippen LogP contribution is 2.29. The molecule has 1 unspecified atom stereocenters. The van der Waals surface area contributed by atoms with Gasteiger partial charge in [-0.15, -0.1) is 10.2 Å². The number of aryl methyl sites for hydroxylation is 1. The smallest absolute Gasteiger partial charge is 0.256 e. The maximum absolute atomic E-state index is 13.3. The Balaban J connectivity index is 1.64. The molecule has 0 spiro atoms. The first kappa shape index (κ1) is 16.8. The Morgan fingerprint density at radius 2 is 2.08 bits per heavy atom. The van der Waals surface area contributed by atoms with E-state index in [1.807, 2.05) is 60.8 Å². The van der Waals surface area contributed by atoms with E-state index in [0.717, 1.165) is 28.1 Å². The number of para-hydroxylation sites is 1. The molecule has 3 heterocycles. The predicted molar refractivity (Wildman–Crippen MR) is 97.7 cm³/mol. The summed E-state index contributed by atoms with van der Waals surface area (Å²) < 4.78 is 9.54. The van der Waals surface area contributed by atoms with Gasteiger partial charge in [0, 0.05) is 43.8 Å². The summed E-state index contributed by atoms with van der Waals surface area (Å²) in [5.41, 5.74) is 1.79. The fourth-order valence-electron chi connectivity index (χ4n) is 3.69. The third-order valence-corrected chi connectivity index (χ3v) is 5.09. The van der Waals surface area contributed by atoms with Gasteiger partial charge in [-0.25, -0.2) is 0 Å². The highest BCUT2D eigenvalue weighted by Gasteiger charge is 2.32. The maximum atomic E-state index is 13.3. The van der Waals surface area contributed by atoms with Gasteiger partial charge in [0.25, 0.3) is 5.91 Å². The lowest BCUT2D eigenvalue weighted by Gasteiger charge is -2.33. The maximum Gasteiger partial charge on any atom is 0.256 e. The number of amides is 1. The molecule has 7 nitrogen and oxygen atoms in total. The van der Waals surface area contributed by atoms with Gasteiger partial charge in [-0.3, -0.25) is 4.79 Å². The molecule has 0 fully saturated rings. The number of benzene rings is 1. The van der Waals surface area contributed by atoms with Gasteiger partial charge < -0.3 is 18.8 Å². The van der Waals surface area contributed by atoms with Crippen molar-refractivity contribution in [1.82, 2.24) is 24.2 Å². The number of aromatic nitrogens is 4. The molecule has 1 aromatic carbocycles. The van der Waals surface area contributed by atoms with Crippen molar-refractivity contribution in [3.05, 3.63) is 47.7 Å². The second-order valence-corrected chi connectivity index (χ2v) is 6.61. The highest BCUT2D eigenvalue weighted by atomic mass is 16.5. The van der Waals surface area contributed by atoms with E-state index in [2.05, 4.69) is 14.8 Å². The molecule has 1 amide bonds. The van der Waals surface area contributed by atoms with Crippen LogP contribution in [-0.4, -0.2) is 43.3 Å². The zero-order valence-corrected chi connectivity index (χ0v) is 15.3. The molecule has 1 aliphatic heterocycles. The fourth-order valence-corrected chi connectivity index (χ4v) is 3.69. The third kappa shape index (κ3) is 2.59. The van der Waals surface area contributed by atoms with Gasteiger partial charge in [0.15, 0.2) is 11.6 Å². The molecular weight excluding hydrogens is 330 g/mol. The van der Waals surface area contributed by atoms with Crippen LogP contribution in [0.15, 0.2) is 30.5 Å². The summed E-state index contributed by atoms with van der Waals surface area (Å²) in [6, 6.07) is 7.86. The van der Waals surface area contributed by atoms with Crippen molar-refractivity contribution in [3.63, 3.8) is 0 Å². The van der Waals surface area contributed by atoms with E-state index in [9.17, 15) is 4.79 Å². The number of hydrogen-bond donors (Lipinski definition) is 0. The number of ether oxygens (including phenoxy) is 1. The van der Waals surface area contributed by atoms with Crippen molar-refractivity contribution < 1.29 is 9.53 Å². The molecule has 3 aromatic rings. The molecule has 136 valence electrons. The summed E-state index contributed by atoms with van der Waals surface area (Å²) >= 11 is 0. The molecule has 4 rings (SSSR count). The van der Waals surface area contributed by atoms with Crippen molar-refractivity contribution in [2.75, 3.05) is 13.2 Å². The molecule has 0 N–H and O–H groups in total. The van der Waals surface area contributed by atoms with E-state index < -0.39 is 0 Å². The van der Waals surface area contributed by atoms with Gasteiger partial charge in [-0.2, -0.15) is 0 Å². The van der Waals surface area contributed by atoms with Crippen LogP contribution in [-0.2, 0) is 24.9 Å². The first-order valence-electron chi connectivity index (χ1n) is 8.96. The molecule has 0 aliphatic carbocycles. The summed E-state index contributed by atoms with van der Waals surface area (Å²) in [5, 5.41) is 9.55. The normalized spacial score (nSPS) is 16.9. The highest BCUT2D eigenvalue weighted by molar-refractivity contribution is 6.07. The number of hydrogen-bond acceptors (Lipinski definition) is 4. The van der Waals surface area contributed by atoms with Crippen molar-refractivity contribution in [2.45, 2.75) is 33.0 Å². The Bertz CT molecular complexity index is 958. The number of nitrogens with zero attached hydrogens (tertiary/aromatic N) is 5. The van der Waals surface area contributed by atoms with Gasteiger partial charge >= 0.3 is 0 Å². The minimum Gasteiger partial charge on any atom is -0.374 e. The monoisotopic (exact) mass is 353 g/mol. The Morgan fingerprint density at radius 1 is 1.27 bits per heavy atom. The van der Waals surface area contributed by atoms with E-state index >= 15 is 0 Å². The second kappa shape index (κ2) is 6.57. The quantitative estimate of drug-likeness (QED) is 0.723. The van der Waals surface area contributed by atoms with Crippen LogP contribution in [0.25, 0.3) is 10.9 Å². The van der Waals surface area contributed by atoms with Crippen molar-refractivity contribution in [3.8, 4) is 0 Å². The Kier molecular flexibility index (Phi) is 4.24. The lowest BCUT2D eigenvalue weighted by molar-refractivity contribution is 0.0631. The van der Waals surface area contributed by atoms with Crippen LogP contribution in [0.2, 0.25) is 0 Å². The SMILES string of the molecule is CCOCc1nnc2n1CCN(C(=O)c1cn(C)c3ccccc13)C2C. The standard InChI is InChI=1S/C19H23N5O2/c1-4-26-12-17-20-21-18-13(2)23(9-10-24(17)18)19(25)15-11-22(3)16-8-6-5-7-14(15)16/h5-8,11,13H,4,9-10,12H2,1-3H3. The first-order valence-corrected chi connectivity index (χ1v) is 8.96. The predicted octanol–water partition coefficient (Wildman–Crippen LogP) is 2.52. The molecule has 2 aromatic heterocycles. The third-order valence-electron chi connectivity index (χ3n) is 5.09. The molecule has 0 saturated carbocycles. The van der Waals surface area contributed by atoms with Gasteiger partial charge in [-0.05, 0) is 19.9 Å². The average molecular weight is 353 g/mol. The van der Waals surface area contributed by atoms with Gasteiger partial charge in [0.1, 0.15) is 6.61 Å². The van der Waals surface area contributed by atoms with Crippen LogP contribution in [0.1, 0.15) is 41.9 Å². The zero-order valence-electron chi connectivity index (χ0n) is 15.3. The number of carbonyl (C=O) groups excluding carboxylic acids is 1. The number of rotatable bonds is 4. The van der Waals surface area contributed by atoms with E-state index in [1.54, 1.807) is 0 Å². The number of carbonyl (C=O) groups is 1. The van der Waals surface area contributed by atoms with Gasteiger partial charge in [-0.1, -0.05) is 18.2 Å². The van der Waals surface area contributed by atoms with Crippen LogP contribution < -0.4 is 0 Å². The van der Waals surface area contributed by atoms with E-state index in [-0.39, 0.29) is 11.9 Å². The Morgan fingerprint density at radius 3 is 2.88 bits per heavy atom. The topological polar surface area (TPSA) is 65.2 Å². The zero-order chi connectivity index (χ0) is 18.3. The van der Waals surface area contributed by atoms with Gasteiger partial charge in [0.2, 0.25) is 0 Å². The summed E-state index contributed by atoms with van der Waals surface area (Å²) in [6.45, 7) is 6.38. The van der Waals surface area contributed by atoms with E-state index in [1.165, 1.54) is 0 Å². The summed E-state index contributed by atoms with van der Waals surface area (Å²) in [7, 11) is 1.97. The van der Waals surface area contributed by atoms with Crippen molar-refractivity contribution in [2.24, 2.45) is 7.05 Å². The van der Waals surface area contributed by atoms with Crippen LogP contribution >= 0.6 is 0 Å². The molecule has 1 atom stereocenters. The van der Waals surface area contributed by atoms with Crippen molar-refractivity contribution >= 4 is 16.8 Å². The van der Waals surface area contributed by atoms with Gasteiger partial charge in [0.05, 0.1) is 11.6 Å². The van der Waals surface area contributed by atoms with E-state index in [4.69, 9.17) is 4.74 Å². The molecule has 7 heteroatoms. The fraction of sp³-hybridized carbons (Fsp3) is 0.421. The Labute approximate surface area is 152 Å². The largest absolute Gasteiger partial charge is 0.374 e. The van der Waals surface area contributed by atoms with Crippen LogP contribution in [0.5, 0.6) is 0 Å². The number of fused-ring (bicyclic) bond motifs is 2. The summed E-state index contributed by atoms with van der Waals surface area (Å²) in [5.74, 6) is 1.68. The average Bonchev–Trinajstić information content (AvgIpc) is 3.22. The first-order chi connectivity index (χ1) is 12.6. The minimum absolute atomic E-state index is 0.0370. The van der Waals surface area contributed by atoms with Crippen molar-refractivity contribution in [1.29, 1.82) is 0 Å². The lowest BCUT2D eigenvalue weighted by Crippen LogP contribution is -2.41. The molecule has 26 heavy (non-hydrogen) atoms. The van der Waals surface area contributed by atoms with E-state index in [0.29, 0.717) is 26.3 Å². The lowest BCUT2D eigenvalue weighted by atomic mass is 10.1. The molecule has 0 radical (unpaired) electrons. The second-order valence-electron chi connectivity index (χ2n) is 6.61. The molecular formula is C19H23N5O2. The molecule has 0 saturated heterocycles. The molecule has 1 aliphatic rings. The minimum atomic E-state index is -0.127. The van der Waals surface area contributed by atoms with Crippen LogP contribution in [0, 0.1) is 0 Å². The summed E-state index contributed by atoms with van der Waals surface area (Å²) in [6.07, 6.45) is 1.92. The molecule has 0 bridgehead atoms. The van der Waals surface area contributed by atoms with Crippen LogP contribution in [0.3, 0.4) is 0 Å². The Hall–Kier alpha value is -2.67. The van der Waals surface area contributed by atoms with Crippen LogP contribution in [0.4, 0.5) is 0 Å². The summed E-state index contributed by atoms with van der Waals surface area (Å²) in [4.78, 5) is 15.1.